The number of ether oxygens (including phenoxy) is 1. The van der Waals surface area contributed by atoms with Crippen molar-refractivity contribution in [3.8, 4) is 11.3 Å². The van der Waals surface area contributed by atoms with E-state index < -0.39 is 18.4 Å². The van der Waals surface area contributed by atoms with Gasteiger partial charge in [0.25, 0.3) is 0 Å². The van der Waals surface area contributed by atoms with Crippen molar-refractivity contribution < 1.29 is 14.1 Å². The molecule has 0 N–H and O–H groups in total. The van der Waals surface area contributed by atoms with Crippen LogP contribution in [0.5, 0.6) is 0 Å². The van der Waals surface area contributed by atoms with E-state index in [1.807, 2.05) is 30.3 Å². The molecule has 0 aliphatic heterocycles. The van der Waals surface area contributed by atoms with E-state index in [0.717, 1.165) is 14.9 Å². The Morgan fingerprint density at radius 3 is 2.45 bits per heavy atom. The molecule has 0 fully saturated rings. The average molecular weight is 380 g/mol. The molecule has 0 unspecified atom stereocenters. The summed E-state index contributed by atoms with van der Waals surface area (Å²) in [7, 11) is 0. The van der Waals surface area contributed by atoms with E-state index in [1.165, 1.54) is 0 Å². The molecule has 1 heterocycles. The van der Waals surface area contributed by atoms with Crippen molar-refractivity contribution in [2.75, 3.05) is 6.61 Å². The van der Waals surface area contributed by atoms with Crippen molar-refractivity contribution in [1.29, 1.82) is 0 Å². The molecule has 0 aliphatic rings. The molecule has 1 aromatic carbocycles. The van der Waals surface area contributed by atoms with Crippen molar-refractivity contribution in [2.24, 2.45) is 0 Å². The first-order valence-electron chi connectivity index (χ1n) is 6.68. The molecule has 4 nitrogen and oxygen atoms in total. The summed E-state index contributed by atoms with van der Waals surface area (Å²) in [5, 5.41) is 3.98. The zero-order valence-corrected chi connectivity index (χ0v) is 15.1. The number of benzene rings is 1. The van der Waals surface area contributed by atoms with Gasteiger partial charge in [0, 0.05) is 0 Å². The number of carbonyl (C=O) groups is 1. The number of nitrogens with zero attached hydrogens (tertiary/aromatic N) is 1. The third kappa shape index (κ3) is 3.06. The molecule has 0 saturated carbocycles. The summed E-state index contributed by atoms with van der Waals surface area (Å²) in [5.74, 6) is 0.331. The predicted molar refractivity (Wildman–Crippen MR) is 80.9 cm³/mol. The second-order valence-corrected chi connectivity index (χ2v) is 19.8. The van der Waals surface area contributed by atoms with Crippen LogP contribution in [0.25, 0.3) is 11.3 Å². The fraction of sp³-hybridized carbons (Fsp3) is 0.333. The molecule has 0 saturated heterocycles. The van der Waals surface area contributed by atoms with Crippen LogP contribution in [0, 0.1) is 0 Å². The molecule has 0 radical (unpaired) electrons. The van der Waals surface area contributed by atoms with Crippen LogP contribution in [0.1, 0.15) is 17.4 Å². The van der Waals surface area contributed by atoms with Gasteiger partial charge in [0.05, 0.1) is 0 Å². The Morgan fingerprint density at radius 2 is 1.90 bits per heavy atom. The van der Waals surface area contributed by atoms with Gasteiger partial charge in [-0.15, -0.1) is 0 Å². The van der Waals surface area contributed by atoms with Crippen LogP contribution in [-0.2, 0) is 4.74 Å². The minimum atomic E-state index is -2.59. The summed E-state index contributed by atoms with van der Waals surface area (Å²) < 4.78 is 11.6. The fourth-order valence-corrected chi connectivity index (χ4v) is 7.05. The van der Waals surface area contributed by atoms with Gasteiger partial charge in [0.1, 0.15) is 0 Å². The van der Waals surface area contributed by atoms with Crippen molar-refractivity contribution in [2.45, 2.75) is 21.7 Å². The Bertz CT molecular complexity index is 599. The van der Waals surface area contributed by atoms with E-state index >= 15 is 0 Å². The summed E-state index contributed by atoms with van der Waals surface area (Å²) in [6.07, 6.45) is 0. The molecule has 0 aliphatic carbocycles. The Labute approximate surface area is 123 Å². The number of esters is 1. The van der Waals surface area contributed by atoms with Gasteiger partial charge >= 0.3 is 123 Å². The second-order valence-electron chi connectivity index (χ2n) is 5.57. The van der Waals surface area contributed by atoms with Crippen LogP contribution in [-0.4, -0.2) is 36.1 Å². The van der Waals surface area contributed by atoms with E-state index in [1.54, 1.807) is 6.92 Å². The quantitative estimate of drug-likeness (QED) is 0.605. The van der Waals surface area contributed by atoms with Gasteiger partial charge in [-0.25, -0.2) is 0 Å². The normalized spacial score (nSPS) is 11.4. The van der Waals surface area contributed by atoms with Crippen molar-refractivity contribution in [3.63, 3.8) is 0 Å². The van der Waals surface area contributed by atoms with Crippen LogP contribution in [0.2, 0.25) is 14.8 Å². The molecule has 0 atom stereocenters. The SMILES string of the molecule is CCOC(=O)c1noc(-c2ccccc2)[c]1[Sn]([CH3])([CH3])[CH3]. The number of rotatable bonds is 4. The van der Waals surface area contributed by atoms with Crippen LogP contribution in [0.15, 0.2) is 34.9 Å². The molecule has 0 amide bonds. The Hall–Kier alpha value is -1.30. The van der Waals surface area contributed by atoms with E-state index in [2.05, 4.69) is 20.0 Å². The minimum absolute atomic E-state index is 0.339. The average Bonchev–Trinajstić information content (AvgIpc) is 2.84. The molecule has 5 heteroatoms. The first-order chi connectivity index (χ1) is 9.45. The molecule has 20 heavy (non-hydrogen) atoms. The molecule has 2 aromatic rings. The third-order valence-corrected chi connectivity index (χ3v) is 8.55. The first kappa shape index (κ1) is 15.1. The van der Waals surface area contributed by atoms with Gasteiger partial charge < -0.3 is 0 Å². The summed E-state index contributed by atoms with van der Waals surface area (Å²) in [4.78, 5) is 18.7. The van der Waals surface area contributed by atoms with Crippen molar-refractivity contribution in [3.05, 3.63) is 36.0 Å². The summed E-state index contributed by atoms with van der Waals surface area (Å²) >= 11 is -2.59. The summed E-state index contributed by atoms with van der Waals surface area (Å²) in [5.41, 5.74) is 1.31. The molecule has 1 aromatic heterocycles. The second kappa shape index (κ2) is 5.99. The van der Waals surface area contributed by atoms with Gasteiger partial charge in [-0.2, -0.15) is 0 Å². The van der Waals surface area contributed by atoms with Gasteiger partial charge in [-0.3, -0.25) is 0 Å². The van der Waals surface area contributed by atoms with Gasteiger partial charge in [0.15, 0.2) is 0 Å². The molecular weight excluding hydrogens is 361 g/mol. The Kier molecular flexibility index (Phi) is 4.52. The van der Waals surface area contributed by atoms with Crippen LogP contribution in [0.3, 0.4) is 0 Å². The number of hydrogen-bond donors (Lipinski definition) is 0. The number of aromatic nitrogens is 1. The summed E-state index contributed by atoms with van der Waals surface area (Å²) in [6, 6.07) is 9.78. The summed E-state index contributed by atoms with van der Waals surface area (Å²) in [6.45, 7) is 2.13. The fourth-order valence-electron chi connectivity index (χ4n) is 2.11. The van der Waals surface area contributed by atoms with Gasteiger partial charge in [0.2, 0.25) is 0 Å². The number of carbonyl (C=O) groups excluding carboxylic acids is 1. The zero-order valence-electron chi connectivity index (χ0n) is 12.3. The van der Waals surface area contributed by atoms with Gasteiger partial charge in [-0.1, -0.05) is 0 Å². The van der Waals surface area contributed by atoms with Crippen LogP contribution in [0.4, 0.5) is 0 Å². The van der Waals surface area contributed by atoms with Crippen LogP contribution < -0.4 is 3.58 Å². The Balaban J connectivity index is 2.57. The molecule has 0 bridgehead atoms. The topological polar surface area (TPSA) is 52.3 Å². The third-order valence-electron chi connectivity index (χ3n) is 2.95. The van der Waals surface area contributed by atoms with Crippen molar-refractivity contribution in [1.82, 2.24) is 5.16 Å². The monoisotopic (exact) mass is 381 g/mol. The Morgan fingerprint density at radius 1 is 1.25 bits per heavy atom. The van der Waals surface area contributed by atoms with Crippen molar-refractivity contribution >= 4 is 27.9 Å². The predicted octanol–water partition coefficient (Wildman–Crippen LogP) is 3.06. The zero-order chi connectivity index (χ0) is 14.8. The maximum absolute atomic E-state index is 12.0. The molecule has 106 valence electrons. The first-order valence-corrected chi connectivity index (χ1v) is 16.7. The van der Waals surface area contributed by atoms with E-state index in [4.69, 9.17) is 9.26 Å². The van der Waals surface area contributed by atoms with E-state index in [0.29, 0.717) is 12.3 Å². The van der Waals surface area contributed by atoms with E-state index in [9.17, 15) is 4.79 Å². The van der Waals surface area contributed by atoms with Gasteiger partial charge in [-0.05, 0) is 0 Å². The molecular formula is C15H19NO3Sn. The van der Waals surface area contributed by atoms with Crippen LogP contribution >= 0.6 is 0 Å². The molecule has 0 spiro atoms. The standard InChI is InChI=1S/C12H10NO3.3CH3.Sn/c1-2-15-12(14)10-8-11(16-13-10)9-6-4-3-5-7-9;;;;/h3-7H,2H2,1H3;3*1H3;. The molecule has 2 rings (SSSR count). The number of hydrogen-bond acceptors (Lipinski definition) is 4. The maximum atomic E-state index is 12.0. The van der Waals surface area contributed by atoms with E-state index in [-0.39, 0.29) is 5.97 Å².